The van der Waals surface area contributed by atoms with E-state index in [1.807, 2.05) is 12.1 Å². The van der Waals surface area contributed by atoms with Crippen LogP contribution in [-0.2, 0) is 14.3 Å². The molecule has 1 aromatic rings. The van der Waals surface area contributed by atoms with Crippen LogP contribution in [0.4, 0.5) is 5.69 Å². The molecule has 0 bridgehead atoms. The molecule has 1 aliphatic carbocycles. The van der Waals surface area contributed by atoms with Crippen molar-refractivity contribution in [3.8, 4) is 0 Å². The van der Waals surface area contributed by atoms with E-state index in [4.69, 9.17) is 10.5 Å². The number of esters is 1. The molecule has 1 saturated carbocycles. The molecule has 2 rings (SSSR count). The maximum atomic E-state index is 12.2. The van der Waals surface area contributed by atoms with Crippen LogP contribution in [0.3, 0.4) is 0 Å². The number of benzene rings is 1. The Balaban J connectivity index is 1.94. The Morgan fingerprint density at radius 3 is 2.50 bits per heavy atom. The number of rotatable bonds is 5. The van der Waals surface area contributed by atoms with E-state index in [9.17, 15) is 9.59 Å². The molecule has 0 aromatic heterocycles. The van der Waals surface area contributed by atoms with Crippen molar-refractivity contribution in [2.24, 2.45) is 5.73 Å². The molecule has 0 aliphatic heterocycles. The van der Waals surface area contributed by atoms with Crippen LogP contribution in [0.25, 0.3) is 6.08 Å². The summed E-state index contributed by atoms with van der Waals surface area (Å²) in [5, 5.41) is 2.86. The second-order valence-corrected chi connectivity index (χ2v) is 5.52. The normalized spacial score (nSPS) is 16.6. The molecule has 118 valence electrons. The number of carbonyl (C=O) groups is 2. The number of nitrogens with one attached hydrogen (secondary N) is 1. The van der Waals surface area contributed by atoms with Gasteiger partial charge in [0.1, 0.15) is 0 Å². The molecule has 0 spiro atoms. The average Bonchev–Trinajstić information content (AvgIpc) is 2.95. The first-order chi connectivity index (χ1) is 10.5. The van der Waals surface area contributed by atoms with E-state index in [1.165, 1.54) is 6.08 Å². The quantitative estimate of drug-likeness (QED) is 0.646. The van der Waals surface area contributed by atoms with Gasteiger partial charge in [0.25, 0.3) is 0 Å². The summed E-state index contributed by atoms with van der Waals surface area (Å²) in [7, 11) is 0. The summed E-state index contributed by atoms with van der Waals surface area (Å²) >= 11 is 0. The Hall–Kier alpha value is -2.14. The van der Waals surface area contributed by atoms with Crippen molar-refractivity contribution in [1.29, 1.82) is 0 Å². The van der Waals surface area contributed by atoms with Crippen LogP contribution in [0.15, 0.2) is 30.3 Å². The van der Waals surface area contributed by atoms with Crippen molar-refractivity contribution < 1.29 is 14.3 Å². The first kappa shape index (κ1) is 16.2. The fourth-order valence-electron chi connectivity index (χ4n) is 2.52. The van der Waals surface area contributed by atoms with Gasteiger partial charge in [0.2, 0.25) is 5.91 Å². The number of amides is 1. The summed E-state index contributed by atoms with van der Waals surface area (Å²) in [4.78, 5) is 23.4. The van der Waals surface area contributed by atoms with Crippen LogP contribution < -0.4 is 11.1 Å². The van der Waals surface area contributed by atoms with Crippen molar-refractivity contribution >= 4 is 23.6 Å². The first-order valence-corrected chi connectivity index (χ1v) is 7.59. The fourth-order valence-corrected chi connectivity index (χ4v) is 2.52. The van der Waals surface area contributed by atoms with Gasteiger partial charge in [0.05, 0.1) is 12.1 Å². The van der Waals surface area contributed by atoms with Crippen LogP contribution in [0.5, 0.6) is 0 Å². The maximum Gasteiger partial charge on any atom is 0.330 e. The van der Waals surface area contributed by atoms with E-state index in [-0.39, 0.29) is 11.9 Å². The van der Waals surface area contributed by atoms with Crippen LogP contribution in [0.1, 0.15) is 38.2 Å². The molecule has 5 nitrogen and oxygen atoms in total. The van der Waals surface area contributed by atoms with Gasteiger partial charge in [0.15, 0.2) is 0 Å². The first-order valence-electron chi connectivity index (χ1n) is 7.59. The van der Waals surface area contributed by atoms with Gasteiger partial charge in [-0.25, -0.2) is 4.79 Å². The van der Waals surface area contributed by atoms with Crippen molar-refractivity contribution in [2.75, 3.05) is 11.9 Å². The highest BCUT2D eigenvalue weighted by atomic mass is 16.5. The van der Waals surface area contributed by atoms with Gasteiger partial charge in [-0.15, -0.1) is 0 Å². The summed E-state index contributed by atoms with van der Waals surface area (Å²) < 4.78 is 4.81. The van der Waals surface area contributed by atoms with Gasteiger partial charge in [0, 0.05) is 11.8 Å². The van der Waals surface area contributed by atoms with E-state index >= 15 is 0 Å². The fraction of sp³-hybridized carbons (Fsp3) is 0.412. The molecule has 0 unspecified atom stereocenters. The minimum atomic E-state index is -0.734. The lowest BCUT2D eigenvalue weighted by molar-refractivity contribution is -0.137. The highest BCUT2D eigenvalue weighted by Crippen LogP contribution is 2.28. The number of nitrogens with two attached hydrogens (primary N) is 1. The zero-order valence-electron chi connectivity index (χ0n) is 12.8. The second-order valence-electron chi connectivity index (χ2n) is 5.52. The minimum absolute atomic E-state index is 0.125. The molecular formula is C17H22N2O3. The molecule has 0 atom stereocenters. The third-order valence-corrected chi connectivity index (χ3v) is 3.82. The molecule has 1 aliphatic rings. The van der Waals surface area contributed by atoms with Gasteiger partial charge in [-0.3, -0.25) is 4.79 Å². The van der Waals surface area contributed by atoms with Crippen molar-refractivity contribution in [3.63, 3.8) is 0 Å². The summed E-state index contributed by atoms with van der Waals surface area (Å²) in [5.74, 6) is -0.494. The molecule has 1 aromatic carbocycles. The molecule has 1 amide bonds. The number of ether oxygens (including phenoxy) is 1. The smallest absolute Gasteiger partial charge is 0.330 e. The zero-order chi connectivity index (χ0) is 16.0. The van der Waals surface area contributed by atoms with Crippen LogP contribution in [0.2, 0.25) is 0 Å². The van der Waals surface area contributed by atoms with Gasteiger partial charge < -0.3 is 15.8 Å². The monoisotopic (exact) mass is 302 g/mol. The lowest BCUT2D eigenvalue weighted by Crippen LogP contribution is -2.48. The van der Waals surface area contributed by atoms with Crippen LogP contribution in [0, 0.1) is 0 Å². The zero-order valence-corrected chi connectivity index (χ0v) is 12.8. The molecule has 0 radical (unpaired) electrons. The number of carbonyl (C=O) groups excluding carboxylic acids is 2. The highest BCUT2D eigenvalue weighted by molar-refractivity contribution is 5.98. The van der Waals surface area contributed by atoms with Crippen molar-refractivity contribution in [3.05, 3.63) is 35.9 Å². The summed E-state index contributed by atoms with van der Waals surface area (Å²) in [6.07, 6.45) is 6.52. The van der Waals surface area contributed by atoms with E-state index in [0.717, 1.165) is 31.2 Å². The van der Waals surface area contributed by atoms with E-state index in [1.54, 1.807) is 25.1 Å². The Morgan fingerprint density at radius 1 is 1.27 bits per heavy atom. The lowest BCUT2D eigenvalue weighted by atomic mass is 9.98. The Bertz CT molecular complexity index is 558. The Morgan fingerprint density at radius 2 is 1.91 bits per heavy atom. The summed E-state index contributed by atoms with van der Waals surface area (Å²) in [6, 6.07) is 7.23. The maximum absolute atomic E-state index is 12.2. The van der Waals surface area contributed by atoms with Crippen LogP contribution >= 0.6 is 0 Å². The lowest BCUT2D eigenvalue weighted by Gasteiger charge is -2.22. The molecule has 3 N–H and O–H groups in total. The molecule has 1 fully saturated rings. The average molecular weight is 302 g/mol. The SMILES string of the molecule is CCOC(=O)/C=C/c1ccc(NC(=O)C2(N)CCCC2)cc1. The largest absolute Gasteiger partial charge is 0.463 e. The summed E-state index contributed by atoms with van der Waals surface area (Å²) in [6.45, 7) is 2.12. The summed E-state index contributed by atoms with van der Waals surface area (Å²) in [5.41, 5.74) is 6.94. The number of anilines is 1. The van der Waals surface area contributed by atoms with Crippen LogP contribution in [-0.4, -0.2) is 24.0 Å². The van der Waals surface area contributed by atoms with Gasteiger partial charge in [-0.05, 0) is 43.5 Å². The topological polar surface area (TPSA) is 81.4 Å². The minimum Gasteiger partial charge on any atom is -0.463 e. The molecule has 22 heavy (non-hydrogen) atoms. The van der Waals surface area contributed by atoms with E-state index < -0.39 is 5.54 Å². The van der Waals surface area contributed by atoms with E-state index in [0.29, 0.717) is 12.3 Å². The van der Waals surface area contributed by atoms with Crippen molar-refractivity contribution in [2.45, 2.75) is 38.1 Å². The second kappa shape index (κ2) is 7.22. The molecule has 0 heterocycles. The highest BCUT2D eigenvalue weighted by Gasteiger charge is 2.36. The molecule has 0 saturated heterocycles. The molecular weight excluding hydrogens is 280 g/mol. The van der Waals surface area contributed by atoms with Crippen molar-refractivity contribution in [1.82, 2.24) is 0 Å². The van der Waals surface area contributed by atoms with Gasteiger partial charge in [-0.2, -0.15) is 0 Å². The Labute approximate surface area is 130 Å². The van der Waals surface area contributed by atoms with Gasteiger partial charge >= 0.3 is 5.97 Å². The standard InChI is InChI=1S/C17H22N2O3/c1-2-22-15(20)10-7-13-5-8-14(9-6-13)19-16(21)17(18)11-3-4-12-17/h5-10H,2-4,11-12,18H2,1H3,(H,19,21)/b10-7+. The third-order valence-electron chi connectivity index (χ3n) is 3.82. The van der Waals surface area contributed by atoms with Gasteiger partial charge in [-0.1, -0.05) is 25.0 Å². The number of hydrogen-bond donors (Lipinski definition) is 2. The predicted octanol–water partition coefficient (Wildman–Crippen LogP) is 2.47. The predicted molar refractivity (Wildman–Crippen MR) is 86.1 cm³/mol. The number of hydrogen-bond acceptors (Lipinski definition) is 4. The third kappa shape index (κ3) is 4.18. The van der Waals surface area contributed by atoms with E-state index in [2.05, 4.69) is 5.32 Å². The Kier molecular flexibility index (Phi) is 5.33. The molecule has 5 heteroatoms.